The fourth-order valence-electron chi connectivity index (χ4n) is 2.69. The quantitative estimate of drug-likeness (QED) is 0.606. The minimum atomic E-state index is -4.47. The third kappa shape index (κ3) is 6.48. The number of alkyl halides is 3. The Bertz CT molecular complexity index is 772. The summed E-state index contributed by atoms with van der Waals surface area (Å²) in [5, 5.41) is 8.84. The van der Waals surface area contributed by atoms with E-state index in [1.165, 1.54) is 18.2 Å². The van der Waals surface area contributed by atoms with Gasteiger partial charge in [-0.25, -0.2) is 0 Å². The standard InChI is InChI=1S/C21H23F3O4/c1-14(13-20(25)26)16-7-9-17(10-8-16)27-12-11-15(2)28-19-6-4-3-5-18(19)21(22,23)24/h3-10,14-15H,11-13H2,1-2H3,(H,25,26)/t14?,15-/m1/s1. The maximum absolute atomic E-state index is 13.0. The van der Waals surface area contributed by atoms with E-state index in [1.54, 1.807) is 19.1 Å². The van der Waals surface area contributed by atoms with Crippen molar-refractivity contribution < 1.29 is 32.5 Å². The van der Waals surface area contributed by atoms with Crippen LogP contribution < -0.4 is 9.47 Å². The minimum absolute atomic E-state index is 0.0501. The van der Waals surface area contributed by atoms with Gasteiger partial charge in [0.15, 0.2) is 0 Å². The van der Waals surface area contributed by atoms with Crippen molar-refractivity contribution in [3.63, 3.8) is 0 Å². The predicted molar refractivity (Wildman–Crippen MR) is 98.8 cm³/mol. The van der Waals surface area contributed by atoms with Gasteiger partial charge in [-0.2, -0.15) is 13.2 Å². The van der Waals surface area contributed by atoms with Gasteiger partial charge >= 0.3 is 12.1 Å². The molecule has 0 saturated carbocycles. The number of carbonyl (C=O) groups is 1. The van der Waals surface area contributed by atoms with Gasteiger partial charge in [0, 0.05) is 6.42 Å². The van der Waals surface area contributed by atoms with E-state index in [0.29, 0.717) is 12.2 Å². The lowest BCUT2D eigenvalue weighted by Crippen LogP contribution is -2.18. The van der Waals surface area contributed by atoms with Crippen LogP contribution in [0.2, 0.25) is 0 Å². The monoisotopic (exact) mass is 396 g/mol. The maximum atomic E-state index is 13.0. The number of aliphatic carboxylic acids is 1. The first kappa shape index (κ1) is 21.6. The lowest BCUT2D eigenvalue weighted by atomic mass is 9.98. The summed E-state index contributed by atoms with van der Waals surface area (Å²) < 4.78 is 50.0. The van der Waals surface area contributed by atoms with Crippen LogP contribution >= 0.6 is 0 Å². The molecular weight excluding hydrogens is 373 g/mol. The summed E-state index contributed by atoms with van der Waals surface area (Å²) in [4.78, 5) is 10.8. The third-order valence-corrected chi connectivity index (χ3v) is 4.24. The second kappa shape index (κ2) is 9.48. The molecule has 0 heterocycles. The molecule has 0 radical (unpaired) electrons. The average molecular weight is 396 g/mol. The van der Waals surface area contributed by atoms with Gasteiger partial charge in [-0.05, 0) is 42.7 Å². The summed E-state index contributed by atoms with van der Waals surface area (Å²) in [7, 11) is 0. The summed E-state index contributed by atoms with van der Waals surface area (Å²) in [6, 6.07) is 12.2. The molecular formula is C21H23F3O4. The van der Waals surface area contributed by atoms with Gasteiger partial charge in [-0.15, -0.1) is 0 Å². The van der Waals surface area contributed by atoms with E-state index in [2.05, 4.69) is 0 Å². The van der Waals surface area contributed by atoms with E-state index >= 15 is 0 Å². The molecule has 0 saturated heterocycles. The summed E-state index contributed by atoms with van der Waals surface area (Å²) in [6.07, 6.45) is -4.47. The molecule has 0 aromatic heterocycles. The van der Waals surface area contributed by atoms with Crippen molar-refractivity contribution in [2.75, 3.05) is 6.61 Å². The Morgan fingerprint density at radius 2 is 1.71 bits per heavy atom. The molecule has 28 heavy (non-hydrogen) atoms. The zero-order chi connectivity index (χ0) is 20.7. The van der Waals surface area contributed by atoms with Gasteiger partial charge in [-0.3, -0.25) is 4.79 Å². The number of carboxylic acid groups (broad SMARTS) is 1. The maximum Gasteiger partial charge on any atom is 0.419 e. The van der Waals surface area contributed by atoms with Crippen molar-refractivity contribution in [2.24, 2.45) is 0 Å². The van der Waals surface area contributed by atoms with Crippen LogP contribution in [0.25, 0.3) is 0 Å². The second-order valence-corrected chi connectivity index (χ2v) is 6.63. The molecule has 0 aliphatic carbocycles. The van der Waals surface area contributed by atoms with E-state index in [4.69, 9.17) is 14.6 Å². The molecule has 1 N–H and O–H groups in total. The number of hydrogen-bond acceptors (Lipinski definition) is 3. The van der Waals surface area contributed by atoms with E-state index < -0.39 is 23.8 Å². The molecule has 2 rings (SSSR count). The van der Waals surface area contributed by atoms with Crippen molar-refractivity contribution >= 4 is 5.97 Å². The highest BCUT2D eigenvalue weighted by atomic mass is 19.4. The fraction of sp³-hybridized carbons (Fsp3) is 0.381. The van der Waals surface area contributed by atoms with Crippen LogP contribution in [0.3, 0.4) is 0 Å². The highest BCUT2D eigenvalue weighted by Gasteiger charge is 2.34. The summed E-state index contributed by atoms with van der Waals surface area (Å²) in [5.74, 6) is -0.545. The lowest BCUT2D eigenvalue weighted by molar-refractivity contribution is -0.139. The van der Waals surface area contributed by atoms with Crippen molar-refractivity contribution in [1.29, 1.82) is 0 Å². The molecule has 0 spiro atoms. The minimum Gasteiger partial charge on any atom is -0.493 e. The van der Waals surface area contributed by atoms with Crippen molar-refractivity contribution in [3.8, 4) is 11.5 Å². The van der Waals surface area contributed by atoms with Gasteiger partial charge < -0.3 is 14.6 Å². The Hall–Kier alpha value is -2.70. The fourth-order valence-corrected chi connectivity index (χ4v) is 2.69. The molecule has 0 amide bonds. The van der Waals surface area contributed by atoms with Crippen molar-refractivity contribution in [2.45, 2.75) is 44.9 Å². The zero-order valence-electron chi connectivity index (χ0n) is 15.7. The third-order valence-electron chi connectivity index (χ3n) is 4.24. The lowest BCUT2D eigenvalue weighted by Gasteiger charge is -2.19. The van der Waals surface area contributed by atoms with Crippen LogP contribution in [0.4, 0.5) is 13.2 Å². The molecule has 2 aromatic rings. The zero-order valence-corrected chi connectivity index (χ0v) is 15.7. The van der Waals surface area contributed by atoms with Crippen molar-refractivity contribution in [3.05, 3.63) is 59.7 Å². The number of rotatable bonds is 9. The summed E-state index contributed by atoms with van der Waals surface area (Å²) in [5.41, 5.74) is 0.101. The van der Waals surface area contributed by atoms with Crippen LogP contribution in [0.1, 0.15) is 43.7 Å². The number of hydrogen-bond donors (Lipinski definition) is 1. The molecule has 152 valence electrons. The largest absolute Gasteiger partial charge is 0.493 e. The van der Waals surface area contributed by atoms with Crippen LogP contribution in [0.15, 0.2) is 48.5 Å². The first-order chi connectivity index (χ1) is 13.2. The second-order valence-electron chi connectivity index (χ2n) is 6.63. The van der Waals surface area contributed by atoms with Gasteiger partial charge in [0.1, 0.15) is 11.5 Å². The van der Waals surface area contributed by atoms with Gasteiger partial charge in [0.25, 0.3) is 0 Å². The average Bonchev–Trinajstić information content (AvgIpc) is 2.61. The van der Waals surface area contributed by atoms with Crippen LogP contribution in [-0.2, 0) is 11.0 Å². The van der Waals surface area contributed by atoms with E-state index in [0.717, 1.165) is 11.6 Å². The molecule has 0 bridgehead atoms. The van der Waals surface area contributed by atoms with Crippen LogP contribution in [0, 0.1) is 0 Å². The van der Waals surface area contributed by atoms with E-state index in [9.17, 15) is 18.0 Å². The Morgan fingerprint density at radius 1 is 1.07 bits per heavy atom. The molecule has 2 aromatic carbocycles. The Balaban J connectivity index is 1.84. The predicted octanol–water partition coefficient (Wildman–Crippen LogP) is 5.52. The highest BCUT2D eigenvalue weighted by Crippen LogP contribution is 2.36. The smallest absolute Gasteiger partial charge is 0.419 e. The van der Waals surface area contributed by atoms with E-state index in [1.807, 2.05) is 19.1 Å². The number of ether oxygens (including phenoxy) is 2. The van der Waals surface area contributed by atoms with Gasteiger partial charge in [0.2, 0.25) is 0 Å². The summed E-state index contributed by atoms with van der Waals surface area (Å²) in [6.45, 7) is 3.80. The molecule has 0 aliphatic rings. The topological polar surface area (TPSA) is 55.8 Å². The van der Waals surface area contributed by atoms with E-state index in [-0.39, 0.29) is 24.7 Å². The summed E-state index contributed by atoms with van der Waals surface area (Å²) >= 11 is 0. The Morgan fingerprint density at radius 3 is 2.32 bits per heavy atom. The Kier molecular flexibility index (Phi) is 7.31. The normalized spacial score (nSPS) is 13.6. The van der Waals surface area contributed by atoms with Crippen molar-refractivity contribution in [1.82, 2.24) is 0 Å². The SMILES string of the molecule is CC(CC(=O)O)c1ccc(OCC[C@@H](C)Oc2ccccc2C(F)(F)F)cc1. The molecule has 7 heteroatoms. The molecule has 0 fully saturated rings. The molecule has 2 atom stereocenters. The molecule has 0 aliphatic heterocycles. The van der Waals surface area contributed by atoms with Crippen LogP contribution in [0.5, 0.6) is 11.5 Å². The molecule has 1 unspecified atom stereocenters. The number of benzene rings is 2. The van der Waals surface area contributed by atoms with Crippen LogP contribution in [-0.4, -0.2) is 23.8 Å². The highest BCUT2D eigenvalue weighted by molar-refractivity contribution is 5.67. The number of carboxylic acids is 1. The first-order valence-corrected chi connectivity index (χ1v) is 8.94. The Labute approximate surface area is 161 Å². The number of halogens is 3. The van der Waals surface area contributed by atoms with Gasteiger partial charge in [-0.1, -0.05) is 31.2 Å². The number of para-hydroxylation sites is 1. The van der Waals surface area contributed by atoms with Gasteiger partial charge in [0.05, 0.1) is 24.7 Å². The molecule has 4 nitrogen and oxygen atoms in total. The first-order valence-electron chi connectivity index (χ1n) is 8.94.